The van der Waals surface area contributed by atoms with E-state index in [1.54, 1.807) is 9.36 Å². The van der Waals surface area contributed by atoms with Crippen LogP contribution in [0, 0.1) is 87.8 Å². The van der Waals surface area contributed by atoms with E-state index in [-0.39, 0.29) is 76.3 Å². The normalized spacial score (nSPS) is 31.5. The van der Waals surface area contributed by atoms with Crippen molar-refractivity contribution in [3.63, 3.8) is 0 Å². The number of carbonyl (C=O) groups excluding carboxylic acids is 6. The maximum Gasteiger partial charge on any atom is 0.309 e. The van der Waals surface area contributed by atoms with Crippen LogP contribution in [0.5, 0.6) is 0 Å². The van der Waals surface area contributed by atoms with Gasteiger partial charge in [-0.1, -0.05) is 54.6 Å². The number of amides is 3. The second-order valence-corrected chi connectivity index (χ2v) is 33.6. The standard InChI is InChI=1S/C29H37N3O3.C28H35N3O3.C27H33N3O3/c1-3-35-28(34)22-9-10-25-24(14-22)26(32(31-25)23-7-5-4-6-8-23)27(33)30-18(2)29-15-19-11-20(16-29)13-21(12-19)17-29;1-2-34-27(33)21-8-9-24-23(13-21)25(31(30-24)22-6-4-3-5-7-22)26(32)29-17-28-14-18-10-19(15-28)12-20(11-18)16-28;1-2-33-27(32)18-8-9-23-22(15-18)25(30(29-23)21-6-4-3-5-7-21)26(31)28-24-19-11-16-10-17(13-19)14-20(24)12-16/h4-8,18-22H,3,9-17H2,1-2H3,(H,30,33);3-7,18-21H,2,8-17H2,1H3,(H,29,32);3-7,16-20,24H,2,8-15H2,1H3,(H,28,31). The van der Waals surface area contributed by atoms with E-state index in [2.05, 4.69) is 22.9 Å². The first kappa shape index (κ1) is 68.5. The van der Waals surface area contributed by atoms with Crippen LogP contribution in [0.2, 0.25) is 0 Å². The Morgan fingerprint density at radius 2 is 0.775 bits per heavy atom. The quantitative estimate of drug-likeness (QED) is 0.0574. The molecule has 3 aromatic carbocycles. The molecule has 12 bridgehead atoms. The molecule has 15 aliphatic rings. The summed E-state index contributed by atoms with van der Waals surface area (Å²) < 4.78 is 21.4. The average molecular weight is 1380 g/mol. The van der Waals surface area contributed by atoms with Gasteiger partial charge in [0.15, 0.2) is 0 Å². The minimum atomic E-state index is -0.219. The van der Waals surface area contributed by atoms with Crippen molar-refractivity contribution in [3.05, 3.63) is 142 Å². The molecule has 4 atom stereocenters. The van der Waals surface area contributed by atoms with Crippen LogP contribution in [0.4, 0.5) is 0 Å². The van der Waals surface area contributed by atoms with E-state index in [1.807, 2.05) is 116 Å². The van der Waals surface area contributed by atoms with Gasteiger partial charge in [0.25, 0.3) is 17.7 Å². The Balaban J connectivity index is 0.000000118. The van der Waals surface area contributed by atoms with Crippen molar-refractivity contribution in [2.45, 2.75) is 207 Å². The van der Waals surface area contributed by atoms with Crippen LogP contribution in [0.3, 0.4) is 0 Å². The Kier molecular flexibility index (Phi) is 19.2. The fourth-order valence-electron chi connectivity index (χ4n) is 23.4. The highest BCUT2D eigenvalue weighted by Gasteiger charge is 2.55. The molecule has 12 fully saturated rings. The van der Waals surface area contributed by atoms with Gasteiger partial charge in [0.05, 0.1) is 71.7 Å². The van der Waals surface area contributed by atoms with Gasteiger partial charge in [0.1, 0.15) is 17.1 Å². The number of fused-ring (bicyclic) bond motifs is 3. The number of nitrogens with zero attached hydrogens (tertiary/aromatic N) is 6. The zero-order chi connectivity index (χ0) is 70.0. The van der Waals surface area contributed by atoms with Crippen molar-refractivity contribution in [1.82, 2.24) is 45.3 Å². The summed E-state index contributed by atoms with van der Waals surface area (Å²) in [6, 6.07) is 30.0. The van der Waals surface area contributed by atoms with Crippen LogP contribution in [-0.2, 0) is 67.1 Å². The second kappa shape index (κ2) is 28.6. The summed E-state index contributed by atoms with van der Waals surface area (Å²) in [7, 11) is 0. The fourth-order valence-corrected chi connectivity index (χ4v) is 23.4. The molecule has 21 rings (SSSR count). The van der Waals surface area contributed by atoms with Crippen LogP contribution in [-0.4, -0.2) is 103 Å². The van der Waals surface area contributed by atoms with Gasteiger partial charge in [-0.2, -0.15) is 15.3 Å². The lowest BCUT2D eigenvalue weighted by Crippen LogP contribution is -2.56. The third kappa shape index (κ3) is 13.5. The van der Waals surface area contributed by atoms with E-state index in [0.717, 1.165) is 105 Å². The van der Waals surface area contributed by atoms with Gasteiger partial charge in [-0.15, -0.1) is 0 Å². The maximum absolute atomic E-state index is 14.0. The molecule has 3 N–H and O–H groups in total. The fraction of sp³-hybridized carbons (Fsp3) is 0.607. The van der Waals surface area contributed by atoms with Gasteiger partial charge in [-0.25, -0.2) is 14.0 Å². The molecule has 18 heteroatoms. The zero-order valence-electron chi connectivity index (χ0n) is 60.4. The third-order valence-corrected chi connectivity index (χ3v) is 26.9. The smallest absolute Gasteiger partial charge is 0.309 e. The van der Waals surface area contributed by atoms with Crippen LogP contribution < -0.4 is 16.0 Å². The molecule has 3 heterocycles. The Labute approximate surface area is 600 Å². The Bertz CT molecular complexity index is 4000. The molecule has 540 valence electrons. The van der Waals surface area contributed by atoms with Crippen molar-refractivity contribution in [1.29, 1.82) is 0 Å². The summed E-state index contributed by atoms with van der Waals surface area (Å²) in [4.78, 5) is 79.2. The number of aryl methyl sites for hydroxylation is 3. The number of rotatable bonds is 17. The lowest BCUT2D eigenvalue weighted by Gasteiger charge is -2.59. The summed E-state index contributed by atoms with van der Waals surface area (Å²) in [5.41, 5.74) is 10.5. The van der Waals surface area contributed by atoms with Gasteiger partial charge in [0, 0.05) is 35.3 Å². The van der Waals surface area contributed by atoms with Crippen LogP contribution in [0.1, 0.15) is 221 Å². The molecule has 3 amide bonds. The first-order chi connectivity index (χ1) is 49.6. The minimum Gasteiger partial charge on any atom is -0.466 e. The van der Waals surface area contributed by atoms with Gasteiger partial charge in [-0.3, -0.25) is 28.8 Å². The molecule has 18 nitrogen and oxygen atoms in total. The molecule has 15 aliphatic carbocycles. The lowest BCUT2D eigenvalue weighted by molar-refractivity contribution is -0.149. The van der Waals surface area contributed by atoms with E-state index < -0.39 is 0 Å². The summed E-state index contributed by atoms with van der Waals surface area (Å²) in [6.07, 6.45) is 28.1. The number of para-hydroxylation sites is 3. The number of nitrogens with one attached hydrogen (secondary N) is 3. The monoisotopic (exact) mass is 1380 g/mol. The number of benzene rings is 3. The highest BCUT2D eigenvalue weighted by molar-refractivity contribution is 5.97. The predicted octanol–water partition coefficient (Wildman–Crippen LogP) is 13.5. The maximum atomic E-state index is 14.0. The highest BCUT2D eigenvalue weighted by Crippen LogP contribution is 2.62. The first-order valence-electron chi connectivity index (χ1n) is 39.5. The Hall–Kier alpha value is -7.89. The summed E-state index contributed by atoms with van der Waals surface area (Å²) in [5.74, 6) is 6.77. The molecular weight excluding hydrogens is 1280 g/mol. The molecule has 0 aliphatic heterocycles. The molecule has 0 saturated heterocycles. The van der Waals surface area contributed by atoms with E-state index in [4.69, 9.17) is 29.5 Å². The average Bonchev–Trinajstić information content (AvgIpc) is 1.58. The second-order valence-electron chi connectivity index (χ2n) is 33.6. The van der Waals surface area contributed by atoms with Crippen molar-refractivity contribution >= 4 is 35.6 Å². The van der Waals surface area contributed by atoms with Crippen molar-refractivity contribution < 1.29 is 43.0 Å². The molecule has 3 aromatic heterocycles. The summed E-state index contributed by atoms with van der Waals surface area (Å²) in [6.45, 7) is 9.63. The van der Waals surface area contributed by atoms with Crippen molar-refractivity contribution in [3.8, 4) is 17.1 Å². The Morgan fingerprint density at radius 1 is 0.441 bits per heavy atom. The molecule has 4 unspecified atom stereocenters. The molecule has 0 spiro atoms. The SMILES string of the molecule is CCOC(=O)C1CCc2nn(-c3ccccc3)c(C(=O)NC(C)C34CC5CC(CC(C5)C3)C4)c2C1.CCOC(=O)C1CCc2nn(-c3ccccc3)c(C(=O)NC3C4CC5CC(C4)CC3C5)c2C1.CCOC(=O)C1CCc2nn(-c3ccccc3)c(C(=O)NCC34CC5CC(CC(C5)C3)C4)c2C1. The molecule has 102 heavy (non-hydrogen) atoms. The van der Waals surface area contributed by atoms with Gasteiger partial charge in [0.2, 0.25) is 0 Å². The van der Waals surface area contributed by atoms with E-state index >= 15 is 0 Å². The lowest BCUT2D eigenvalue weighted by atomic mass is 9.48. The van der Waals surface area contributed by atoms with Crippen LogP contribution in [0.15, 0.2) is 91.0 Å². The van der Waals surface area contributed by atoms with Crippen LogP contribution >= 0.6 is 0 Å². The molecular formula is C84H105N9O9. The summed E-state index contributed by atoms with van der Waals surface area (Å²) >= 11 is 0. The number of hydrogen-bond donors (Lipinski definition) is 3. The number of carbonyl (C=O) groups is 6. The van der Waals surface area contributed by atoms with E-state index in [0.29, 0.717) is 107 Å². The van der Waals surface area contributed by atoms with Crippen molar-refractivity contribution in [2.75, 3.05) is 26.4 Å². The van der Waals surface area contributed by atoms with Gasteiger partial charge in [-0.05, 0) is 301 Å². The number of aromatic nitrogens is 6. The van der Waals surface area contributed by atoms with Crippen molar-refractivity contribution in [2.24, 2.45) is 87.8 Å². The molecule has 12 saturated carbocycles. The Morgan fingerprint density at radius 3 is 1.14 bits per heavy atom. The number of esters is 3. The van der Waals surface area contributed by atoms with E-state index in [1.165, 1.54) is 109 Å². The first-order valence-corrected chi connectivity index (χ1v) is 39.5. The molecule has 6 aromatic rings. The summed E-state index contributed by atoms with van der Waals surface area (Å²) in [5, 5.41) is 24.9. The largest absolute Gasteiger partial charge is 0.466 e. The number of ether oxygens (including phenoxy) is 3. The zero-order valence-corrected chi connectivity index (χ0v) is 60.4. The number of hydrogen-bond acceptors (Lipinski definition) is 12. The van der Waals surface area contributed by atoms with Gasteiger partial charge < -0.3 is 30.2 Å². The van der Waals surface area contributed by atoms with E-state index in [9.17, 15) is 28.8 Å². The van der Waals surface area contributed by atoms with Crippen LogP contribution in [0.25, 0.3) is 17.1 Å². The third-order valence-electron chi connectivity index (χ3n) is 26.9. The highest BCUT2D eigenvalue weighted by atomic mass is 16.5. The molecule has 0 radical (unpaired) electrons. The topological polar surface area (TPSA) is 220 Å². The minimum absolute atomic E-state index is 0.0328. The van der Waals surface area contributed by atoms with Gasteiger partial charge >= 0.3 is 17.9 Å². The predicted molar refractivity (Wildman–Crippen MR) is 386 cm³/mol.